The Morgan fingerprint density at radius 2 is 1.95 bits per heavy atom. The highest BCUT2D eigenvalue weighted by molar-refractivity contribution is 5.70. The summed E-state index contributed by atoms with van der Waals surface area (Å²) in [5.74, 6) is -0.749. The number of hydrogen-bond donors (Lipinski definition) is 2. The predicted molar refractivity (Wildman–Crippen MR) is 66.9 cm³/mol. The maximum Gasteiger partial charge on any atom is 0.431 e. The van der Waals surface area contributed by atoms with Crippen LogP contribution in [0.4, 0.5) is 13.2 Å². The Morgan fingerprint density at radius 1 is 1.33 bits per heavy atom. The Balaban J connectivity index is 2.76. The van der Waals surface area contributed by atoms with Crippen LogP contribution in [0.15, 0.2) is 21.9 Å². The van der Waals surface area contributed by atoms with Gasteiger partial charge in [-0.05, 0) is 18.6 Å². The van der Waals surface area contributed by atoms with Crippen molar-refractivity contribution in [3.63, 3.8) is 0 Å². The van der Waals surface area contributed by atoms with E-state index in [9.17, 15) is 27.9 Å². The average Bonchev–Trinajstić information content (AvgIpc) is 2.36. The molecule has 2 rings (SSSR count). The van der Waals surface area contributed by atoms with Crippen LogP contribution in [-0.2, 0) is 13.2 Å². The number of alkyl halides is 3. The summed E-state index contributed by atoms with van der Waals surface area (Å²) in [5.41, 5.74) is -3.60. The van der Waals surface area contributed by atoms with Crippen molar-refractivity contribution in [1.29, 1.82) is 0 Å². The SMILES string of the molecule is Cc1cc(C(F)(F)F)[nH]c(=O)c1-c1cnn(C)c(=O)c1O. The van der Waals surface area contributed by atoms with Crippen LogP contribution in [0.5, 0.6) is 5.75 Å². The van der Waals surface area contributed by atoms with Gasteiger partial charge in [0, 0.05) is 7.05 Å². The Morgan fingerprint density at radius 3 is 2.48 bits per heavy atom. The molecule has 0 aromatic carbocycles. The van der Waals surface area contributed by atoms with Gasteiger partial charge in [-0.1, -0.05) is 0 Å². The number of rotatable bonds is 1. The fraction of sp³-hybridized carbons (Fsp3) is 0.250. The quantitative estimate of drug-likeness (QED) is 0.827. The van der Waals surface area contributed by atoms with Crippen LogP contribution >= 0.6 is 0 Å². The van der Waals surface area contributed by atoms with Crippen molar-refractivity contribution >= 4 is 0 Å². The molecule has 2 heterocycles. The number of halogens is 3. The van der Waals surface area contributed by atoms with Gasteiger partial charge in [0.15, 0.2) is 5.75 Å². The van der Waals surface area contributed by atoms with Gasteiger partial charge in [-0.15, -0.1) is 0 Å². The molecule has 9 heteroatoms. The zero-order valence-corrected chi connectivity index (χ0v) is 10.9. The molecule has 0 aliphatic carbocycles. The lowest BCUT2D eigenvalue weighted by atomic mass is 10.0. The molecule has 0 aliphatic heterocycles. The summed E-state index contributed by atoms with van der Waals surface area (Å²) in [5, 5.41) is 13.4. The van der Waals surface area contributed by atoms with Crippen molar-refractivity contribution < 1.29 is 18.3 Å². The molecule has 0 unspecified atom stereocenters. The summed E-state index contributed by atoms with van der Waals surface area (Å²) >= 11 is 0. The minimum absolute atomic E-state index is 0.0311. The number of aromatic hydroxyl groups is 1. The van der Waals surface area contributed by atoms with Gasteiger partial charge in [-0.25, -0.2) is 4.68 Å². The van der Waals surface area contributed by atoms with Gasteiger partial charge >= 0.3 is 11.7 Å². The minimum Gasteiger partial charge on any atom is -0.503 e. The van der Waals surface area contributed by atoms with E-state index in [0.29, 0.717) is 0 Å². The second kappa shape index (κ2) is 4.76. The number of aryl methyl sites for hydroxylation is 2. The number of aromatic amines is 1. The first-order valence-electron chi connectivity index (χ1n) is 5.69. The highest BCUT2D eigenvalue weighted by Gasteiger charge is 2.33. The highest BCUT2D eigenvalue weighted by atomic mass is 19.4. The van der Waals surface area contributed by atoms with E-state index >= 15 is 0 Å². The van der Waals surface area contributed by atoms with Crippen LogP contribution < -0.4 is 11.1 Å². The molecule has 0 fully saturated rings. The number of nitrogens with one attached hydrogen (secondary N) is 1. The molecule has 0 amide bonds. The Kier molecular flexibility index (Phi) is 3.36. The van der Waals surface area contributed by atoms with E-state index in [-0.39, 0.29) is 16.7 Å². The zero-order valence-electron chi connectivity index (χ0n) is 10.9. The number of nitrogens with zero attached hydrogens (tertiary/aromatic N) is 2. The van der Waals surface area contributed by atoms with Crippen molar-refractivity contribution in [2.45, 2.75) is 13.1 Å². The normalized spacial score (nSPS) is 11.7. The molecule has 2 aromatic rings. The van der Waals surface area contributed by atoms with E-state index in [1.165, 1.54) is 14.0 Å². The third-order valence-corrected chi connectivity index (χ3v) is 2.92. The molecule has 2 N–H and O–H groups in total. The highest BCUT2D eigenvalue weighted by Crippen LogP contribution is 2.30. The molecular formula is C12H10F3N3O3. The predicted octanol–water partition coefficient (Wildman–Crippen LogP) is 1.17. The van der Waals surface area contributed by atoms with Crippen LogP contribution in [0.1, 0.15) is 11.3 Å². The van der Waals surface area contributed by atoms with E-state index in [1.807, 2.05) is 0 Å². The van der Waals surface area contributed by atoms with E-state index in [2.05, 4.69) is 5.10 Å². The topological polar surface area (TPSA) is 88.0 Å². The maximum atomic E-state index is 12.6. The first kappa shape index (κ1) is 14.8. The lowest BCUT2D eigenvalue weighted by Gasteiger charge is -2.11. The molecule has 2 aromatic heterocycles. The van der Waals surface area contributed by atoms with Crippen LogP contribution in [0.3, 0.4) is 0 Å². The molecule has 6 nitrogen and oxygen atoms in total. The van der Waals surface area contributed by atoms with Gasteiger partial charge in [0.2, 0.25) is 0 Å². The second-order valence-electron chi connectivity index (χ2n) is 4.40. The summed E-state index contributed by atoms with van der Waals surface area (Å²) in [7, 11) is 1.29. The monoisotopic (exact) mass is 301 g/mol. The first-order chi connectivity index (χ1) is 9.62. The van der Waals surface area contributed by atoms with Gasteiger partial charge in [-0.2, -0.15) is 18.3 Å². The van der Waals surface area contributed by atoms with Gasteiger partial charge in [0.05, 0.1) is 17.3 Å². The number of pyridine rings is 1. The van der Waals surface area contributed by atoms with Crippen molar-refractivity contribution in [2.75, 3.05) is 0 Å². The van der Waals surface area contributed by atoms with Gasteiger partial charge in [0.1, 0.15) is 5.69 Å². The number of H-pyrrole nitrogens is 1. The second-order valence-corrected chi connectivity index (χ2v) is 4.40. The summed E-state index contributed by atoms with van der Waals surface area (Å²) < 4.78 is 38.6. The molecule has 0 aliphatic rings. The molecule has 112 valence electrons. The first-order valence-corrected chi connectivity index (χ1v) is 5.69. The van der Waals surface area contributed by atoms with Crippen molar-refractivity contribution in [2.24, 2.45) is 7.05 Å². The van der Waals surface area contributed by atoms with Crippen LogP contribution in [0, 0.1) is 6.92 Å². The maximum absolute atomic E-state index is 12.6. The minimum atomic E-state index is -4.70. The summed E-state index contributed by atoms with van der Waals surface area (Å²) in [4.78, 5) is 25.1. The molecular weight excluding hydrogens is 291 g/mol. The van der Waals surface area contributed by atoms with Crippen LogP contribution in [0.25, 0.3) is 11.1 Å². The Labute approximate surface area is 115 Å². The lowest BCUT2D eigenvalue weighted by Crippen LogP contribution is -2.22. The smallest absolute Gasteiger partial charge is 0.431 e. The third-order valence-electron chi connectivity index (χ3n) is 2.92. The van der Waals surface area contributed by atoms with E-state index in [1.54, 1.807) is 4.98 Å². The van der Waals surface area contributed by atoms with Gasteiger partial charge in [-0.3, -0.25) is 9.59 Å². The van der Waals surface area contributed by atoms with E-state index in [4.69, 9.17) is 0 Å². The lowest BCUT2D eigenvalue weighted by molar-refractivity contribution is -0.141. The summed E-state index contributed by atoms with van der Waals surface area (Å²) in [6, 6.07) is 0.730. The van der Waals surface area contributed by atoms with Crippen LogP contribution in [0.2, 0.25) is 0 Å². The zero-order chi connectivity index (χ0) is 15.9. The van der Waals surface area contributed by atoms with Gasteiger partial charge in [0.25, 0.3) is 5.56 Å². The van der Waals surface area contributed by atoms with Crippen LogP contribution in [-0.4, -0.2) is 19.9 Å². The Hall–Kier alpha value is -2.58. The number of aromatic nitrogens is 3. The standard InChI is InChI=1S/C12H10F3N3O3/c1-5-3-7(12(13,14)15)17-10(20)8(5)6-4-16-18(2)11(21)9(6)19/h3-4,19H,1-2H3,(H,17,20). The third kappa shape index (κ3) is 2.54. The molecule has 21 heavy (non-hydrogen) atoms. The van der Waals surface area contributed by atoms with Crippen molar-refractivity contribution in [3.8, 4) is 16.9 Å². The number of hydrogen-bond acceptors (Lipinski definition) is 4. The summed E-state index contributed by atoms with van der Waals surface area (Å²) in [6.45, 7) is 1.27. The fourth-order valence-corrected chi connectivity index (χ4v) is 1.89. The van der Waals surface area contributed by atoms with Crippen molar-refractivity contribution in [1.82, 2.24) is 14.8 Å². The molecule has 0 bridgehead atoms. The van der Waals surface area contributed by atoms with Crippen molar-refractivity contribution in [3.05, 3.63) is 44.2 Å². The van der Waals surface area contributed by atoms with E-state index < -0.39 is 28.7 Å². The molecule has 0 radical (unpaired) electrons. The molecule has 0 atom stereocenters. The van der Waals surface area contributed by atoms with E-state index in [0.717, 1.165) is 16.9 Å². The average molecular weight is 301 g/mol. The molecule has 0 saturated carbocycles. The summed E-state index contributed by atoms with van der Waals surface area (Å²) in [6.07, 6.45) is -3.66. The fourth-order valence-electron chi connectivity index (χ4n) is 1.89. The van der Waals surface area contributed by atoms with Gasteiger partial charge < -0.3 is 10.1 Å². The largest absolute Gasteiger partial charge is 0.503 e. The molecule has 0 spiro atoms. The Bertz CT molecular complexity index is 821. The molecule has 0 saturated heterocycles.